The fourth-order valence-corrected chi connectivity index (χ4v) is 3.65. The van der Waals surface area contributed by atoms with E-state index in [2.05, 4.69) is 13.8 Å². The van der Waals surface area contributed by atoms with Crippen LogP contribution in [-0.4, -0.2) is 30.4 Å². The summed E-state index contributed by atoms with van der Waals surface area (Å²) in [5, 5.41) is 9.66. The summed E-state index contributed by atoms with van der Waals surface area (Å²) in [7, 11) is 1.56. The molecular weight excluding hydrogens is 416 g/mol. The van der Waals surface area contributed by atoms with Crippen molar-refractivity contribution < 1.29 is 19.1 Å². The lowest BCUT2D eigenvalue weighted by Crippen LogP contribution is -2.44. The summed E-state index contributed by atoms with van der Waals surface area (Å²) in [5.74, 6) is 0.503. The molecule has 1 atom stereocenters. The summed E-state index contributed by atoms with van der Waals surface area (Å²) < 4.78 is 11.3. The minimum Gasteiger partial charge on any atom is -0.493 e. The van der Waals surface area contributed by atoms with E-state index in [9.17, 15) is 14.9 Å². The second-order valence-electron chi connectivity index (χ2n) is 8.35. The van der Waals surface area contributed by atoms with Crippen molar-refractivity contribution in [3.8, 4) is 17.6 Å². The topological polar surface area (TPSA) is 79.6 Å². The van der Waals surface area contributed by atoms with E-state index in [0.717, 1.165) is 10.5 Å². The number of methoxy groups -OCH3 is 1. The molecule has 0 saturated carbocycles. The van der Waals surface area contributed by atoms with E-state index < -0.39 is 17.9 Å². The van der Waals surface area contributed by atoms with Gasteiger partial charge in [-0.05, 0) is 54.7 Å². The van der Waals surface area contributed by atoms with Gasteiger partial charge in [0.05, 0.1) is 19.8 Å². The summed E-state index contributed by atoms with van der Waals surface area (Å²) >= 11 is 0. The van der Waals surface area contributed by atoms with Crippen molar-refractivity contribution in [2.75, 3.05) is 13.7 Å². The van der Waals surface area contributed by atoms with Gasteiger partial charge >= 0.3 is 0 Å². The van der Waals surface area contributed by atoms with Gasteiger partial charge in [0.1, 0.15) is 11.6 Å². The monoisotopic (exact) mass is 444 g/mol. The van der Waals surface area contributed by atoms with E-state index >= 15 is 0 Å². The first-order valence-corrected chi connectivity index (χ1v) is 10.8. The molecule has 3 rings (SSSR count). The molecule has 1 unspecified atom stereocenters. The van der Waals surface area contributed by atoms with Crippen LogP contribution in [0.25, 0.3) is 6.08 Å². The predicted octanol–water partition coefficient (Wildman–Crippen LogP) is 5.08. The van der Waals surface area contributed by atoms with E-state index in [1.54, 1.807) is 39.2 Å². The van der Waals surface area contributed by atoms with Crippen molar-refractivity contribution in [2.24, 2.45) is 5.92 Å². The molecule has 0 aromatic heterocycles. The second kappa shape index (κ2) is 10.2. The lowest BCUT2D eigenvalue weighted by atomic mass is 9.91. The number of benzene rings is 2. The van der Waals surface area contributed by atoms with Crippen LogP contribution in [0.1, 0.15) is 44.9 Å². The first-order chi connectivity index (χ1) is 15.8. The van der Waals surface area contributed by atoms with Crippen molar-refractivity contribution in [1.82, 2.24) is 4.90 Å². The molecule has 0 saturated heterocycles. The Morgan fingerprint density at radius 2 is 1.73 bits per heavy atom. The summed E-state index contributed by atoms with van der Waals surface area (Å²) in [6.45, 7) is 8.08. The van der Waals surface area contributed by atoms with Crippen LogP contribution in [0.3, 0.4) is 0 Å². The average Bonchev–Trinajstić information content (AvgIpc) is 2.81. The molecule has 0 radical (unpaired) electrons. The summed E-state index contributed by atoms with van der Waals surface area (Å²) in [6.07, 6.45) is 1.68. The molecule has 2 aromatic carbocycles. The maximum atomic E-state index is 13.5. The molecule has 170 valence electrons. The number of carbonyl (C=O) groups excluding carboxylic acids is 2. The molecule has 0 spiro atoms. The smallest absolute Gasteiger partial charge is 0.272 e. The van der Waals surface area contributed by atoms with Gasteiger partial charge in [0.25, 0.3) is 11.8 Å². The van der Waals surface area contributed by atoms with E-state index in [1.165, 1.54) is 0 Å². The molecule has 0 aliphatic carbocycles. The summed E-state index contributed by atoms with van der Waals surface area (Å²) in [4.78, 5) is 27.6. The Balaban J connectivity index is 2.04. The van der Waals surface area contributed by atoms with Gasteiger partial charge < -0.3 is 9.47 Å². The molecule has 6 heteroatoms. The highest BCUT2D eigenvalue weighted by atomic mass is 16.5. The van der Waals surface area contributed by atoms with Gasteiger partial charge in [-0.25, -0.2) is 0 Å². The highest BCUT2D eigenvalue weighted by Gasteiger charge is 2.38. The Morgan fingerprint density at radius 1 is 1.03 bits per heavy atom. The highest BCUT2D eigenvalue weighted by Crippen LogP contribution is 2.34. The number of hydrogen-bond acceptors (Lipinski definition) is 5. The van der Waals surface area contributed by atoms with Gasteiger partial charge in [-0.15, -0.1) is 0 Å². The molecule has 1 heterocycles. The van der Waals surface area contributed by atoms with E-state index in [4.69, 9.17) is 9.47 Å². The summed E-state index contributed by atoms with van der Waals surface area (Å²) in [6, 6.07) is 16.1. The fourth-order valence-electron chi connectivity index (χ4n) is 3.65. The second-order valence-corrected chi connectivity index (χ2v) is 8.35. The number of carbonyl (C=O) groups is 2. The van der Waals surface area contributed by atoms with Gasteiger partial charge in [-0.2, -0.15) is 5.26 Å². The van der Waals surface area contributed by atoms with Crippen LogP contribution in [0.15, 0.2) is 65.3 Å². The Morgan fingerprint density at radius 3 is 2.33 bits per heavy atom. The summed E-state index contributed by atoms with van der Waals surface area (Å²) in [5.41, 5.74) is 2.14. The molecule has 1 aliphatic heterocycles. The molecule has 1 aliphatic rings. The molecule has 0 bridgehead atoms. The van der Waals surface area contributed by atoms with Crippen LogP contribution >= 0.6 is 0 Å². The number of nitrogens with zero attached hydrogens (tertiary/aromatic N) is 2. The number of rotatable bonds is 7. The van der Waals surface area contributed by atoms with E-state index in [1.807, 2.05) is 42.5 Å². The third-order valence-electron chi connectivity index (χ3n) is 5.51. The Labute approximate surface area is 194 Å². The number of imide groups is 1. The zero-order valence-corrected chi connectivity index (χ0v) is 19.6. The predicted molar refractivity (Wildman–Crippen MR) is 126 cm³/mol. The number of amides is 2. The largest absolute Gasteiger partial charge is 0.493 e. The first-order valence-electron chi connectivity index (χ1n) is 10.8. The third-order valence-corrected chi connectivity index (χ3v) is 5.51. The van der Waals surface area contributed by atoms with Gasteiger partial charge in [-0.1, -0.05) is 50.2 Å². The maximum Gasteiger partial charge on any atom is 0.272 e. The lowest BCUT2D eigenvalue weighted by molar-refractivity contribution is -0.143. The Kier molecular flexibility index (Phi) is 7.34. The molecule has 6 nitrogen and oxygen atoms in total. The van der Waals surface area contributed by atoms with Crippen LogP contribution < -0.4 is 9.47 Å². The Hall–Kier alpha value is -3.85. The molecule has 2 amide bonds. The van der Waals surface area contributed by atoms with Crippen molar-refractivity contribution in [3.63, 3.8) is 0 Å². The van der Waals surface area contributed by atoms with Gasteiger partial charge in [0.15, 0.2) is 11.5 Å². The molecular formula is C27H28N2O4. The number of hydrogen-bond donors (Lipinski definition) is 0. The molecule has 0 N–H and O–H groups in total. The molecule has 33 heavy (non-hydrogen) atoms. The normalized spacial score (nSPS) is 16.3. The van der Waals surface area contributed by atoms with Crippen LogP contribution in [0.2, 0.25) is 0 Å². The van der Waals surface area contributed by atoms with Crippen molar-refractivity contribution >= 4 is 17.9 Å². The van der Waals surface area contributed by atoms with E-state index in [-0.39, 0.29) is 5.57 Å². The quantitative estimate of drug-likeness (QED) is 0.439. The third kappa shape index (κ3) is 4.98. The molecule has 2 aromatic rings. The zero-order valence-electron chi connectivity index (χ0n) is 19.6. The van der Waals surface area contributed by atoms with Crippen LogP contribution in [0, 0.1) is 17.2 Å². The van der Waals surface area contributed by atoms with E-state index in [0.29, 0.717) is 40.7 Å². The van der Waals surface area contributed by atoms with Crippen LogP contribution in [-0.2, 0) is 9.59 Å². The zero-order chi connectivity index (χ0) is 24.1. The van der Waals surface area contributed by atoms with Crippen molar-refractivity contribution in [2.45, 2.75) is 33.7 Å². The molecule has 0 fully saturated rings. The SMILES string of the molecule is COc1cc(/C=C2/C(=O)N(C(C)c3ccccc3)C(=O)C(C#N)=C2C)ccc1OCC(C)C. The van der Waals surface area contributed by atoms with Crippen molar-refractivity contribution in [3.05, 3.63) is 76.4 Å². The average molecular weight is 445 g/mol. The van der Waals surface area contributed by atoms with Gasteiger partial charge in [-0.3, -0.25) is 14.5 Å². The van der Waals surface area contributed by atoms with Gasteiger partial charge in [0, 0.05) is 5.57 Å². The van der Waals surface area contributed by atoms with Crippen LogP contribution in [0.5, 0.6) is 11.5 Å². The number of ether oxygens (including phenoxy) is 2. The Bertz CT molecular complexity index is 1160. The van der Waals surface area contributed by atoms with Gasteiger partial charge in [0.2, 0.25) is 0 Å². The lowest BCUT2D eigenvalue weighted by Gasteiger charge is -2.32. The van der Waals surface area contributed by atoms with Crippen molar-refractivity contribution in [1.29, 1.82) is 5.26 Å². The standard InChI is InChI=1S/C27H28N2O4/c1-17(2)16-33-24-12-11-20(14-25(24)32-5)13-22-18(3)23(15-28)27(31)29(26(22)30)19(4)21-9-7-6-8-10-21/h6-14,17,19H,16H2,1-5H3/b22-13+. The first kappa shape index (κ1) is 23.8. The maximum absolute atomic E-state index is 13.5. The fraction of sp³-hybridized carbons (Fsp3) is 0.296. The minimum atomic E-state index is -0.580. The minimum absolute atomic E-state index is 0.0347. The number of nitriles is 1. The highest BCUT2D eigenvalue weighted by molar-refractivity contribution is 6.19. The van der Waals surface area contributed by atoms with Crippen LogP contribution in [0.4, 0.5) is 0 Å².